The highest BCUT2D eigenvalue weighted by Gasteiger charge is 2.27. The van der Waals surface area contributed by atoms with Crippen LogP contribution in [0.15, 0.2) is 40.5 Å². The van der Waals surface area contributed by atoms with E-state index >= 15 is 0 Å². The molecule has 1 N–H and O–H groups in total. The zero-order valence-corrected chi connectivity index (χ0v) is 14.3. The molecular weight excluding hydrogens is 328 g/mol. The van der Waals surface area contributed by atoms with Gasteiger partial charge in [0.05, 0.1) is 0 Å². The van der Waals surface area contributed by atoms with Gasteiger partial charge in [0.25, 0.3) is 0 Å². The van der Waals surface area contributed by atoms with Gasteiger partial charge in [0.1, 0.15) is 11.6 Å². The van der Waals surface area contributed by atoms with Crippen LogP contribution in [0.1, 0.15) is 40.0 Å². The fourth-order valence-electron chi connectivity index (χ4n) is 2.73. The van der Waals surface area contributed by atoms with Gasteiger partial charge in [-0.15, -0.1) is 0 Å². The van der Waals surface area contributed by atoms with Gasteiger partial charge in [0.15, 0.2) is 11.6 Å². The number of Topliss-reactive ketones (excluding diaryl/α,β-unsaturated/α-hetero) is 2. The molecule has 4 nitrogen and oxygen atoms in total. The number of anilines is 1. The molecule has 0 spiro atoms. The first-order valence-corrected chi connectivity index (χ1v) is 7.93. The quantitative estimate of drug-likeness (QED) is 0.822. The first kappa shape index (κ1) is 18.7. The Morgan fingerprint density at radius 3 is 2.08 bits per heavy atom. The van der Waals surface area contributed by atoms with E-state index in [2.05, 4.69) is 5.32 Å². The Morgan fingerprint density at radius 2 is 1.48 bits per heavy atom. The molecule has 0 bridgehead atoms. The molecule has 0 radical (unpaired) electrons. The van der Waals surface area contributed by atoms with Crippen LogP contribution in [0, 0.1) is 11.6 Å². The molecule has 0 heterocycles. The monoisotopic (exact) mass is 347 g/mol. The number of carbonyl (C=O) groups is 3. The van der Waals surface area contributed by atoms with E-state index in [9.17, 15) is 23.2 Å². The molecule has 0 atom stereocenters. The molecular formula is C19H19F2NO3. The lowest BCUT2D eigenvalue weighted by Gasteiger charge is -2.18. The SMILES string of the molecule is CC1=C(C)C(=O)C(CCCC(=O)Nc2cc(F)cc(F)c2)=C(C)C1=O. The number of nitrogens with one attached hydrogen (secondary N) is 1. The highest BCUT2D eigenvalue weighted by Crippen LogP contribution is 2.27. The summed E-state index contributed by atoms with van der Waals surface area (Å²) >= 11 is 0. The van der Waals surface area contributed by atoms with Crippen molar-refractivity contribution in [2.75, 3.05) is 5.32 Å². The molecule has 0 aliphatic heterocycles. The van der Waals surface area contributed by atoms with E-state index in [0.717, 1.165) is 12.1 Å². The molecule has 0 saturated heterocycles. The topological polar surface area (TPSA) is 63.2 Å². The average molecular weight is 347 g/mol. The highest BCUT2D eigenvalue weighted by atomic mass is 19.1. The van der Waals surface area contributed by atoms with Crippen molar-refractivity contribution < 1.29 is 23.2 Å². The van der Waals surface area contributed by atoms with Crippen molar-refractivity contribution in [3.63, 3.8) is 0 Å². The Kier molecular flexibility index (Phi) is 5.62. The Labute approximate surface area is 144 Å². The van der Waals surface area contributed by atoms with Crippen molar-refractivity contribution in [2.45, 2.75) is 40.0 Å². The van der Waals surface area contributed by atoms with Crippen LogP contribution in [0.5, 0.6) is 0 Å². The smallest absolute Gasteiger partial charge is 0.224 e. The molecule has 1 aliphatic rings. The van der Waals surface area contributed by atoms with Crippen LogP contribution in [-0.4, -0.2) is 17.5 Å². The molecule has 6 heteroatoms. The Bertz CT molecular complexity index is 802. The predicted molar refractivity (Wildman–Crippen MR) is 89.9 cm³/mol. The van der Waals surface area contributed by atoms with Gasteiger partial charge in [-0.05, 0) is 45.7 Å². The molecule has 0 unspecified atom stereocenters. The van der Waals surface area contributed by atoms with E-state index in [4.69, 9.17) is 0 Å². The summed E-state index contributed by atoms with van der Waals surface area (Å²) in [6.45, 7) is 4.86. The van der Waals surface area contributed by atoms with E-state index in [1.165, 1.54) is 0 Å². The zero-order chi connectivity index (χ0) is 18.7. The van der Waals surface area contributed by atoms with Crippen LogP contribution < -0.4 is 5.32 Å². The number of halogens is 2. The number of hydrogen-bond acceptors (Lipinski definition) is 3. The lowest BCUT2D eigenvalue weighted by atomic mass is 9.84. The summed E-state index contributed by atoms with van der Waals surface area (Å²) in [5.74, 6) is -2.28. The molecule has 0 fully saturated rings. The van der Waals surface area contributed by atoms with Gasteiger partial charge >= 0.3 is 0 Å². The van der Waals surface area contributed by atoms with E-state index < -0.39 is 17.5 Å². The van der Waals surface area contributed by atoms with Gasteiger partial charge in [-0.25, -0.2) is 8.78 Å². The minimum atomic E-state index is -0.778. The second-order valence-electron chi connectivity index (χ2n) is 6.07. The van der Waals surface area contributed by atoms with Gasteiger partial charge < -0.3 is 5.32 Å². The first-order valence-electron chi connectivity index (χ1n) is 7.93. The van der Waals surface area contributed by atoms with Gasteiger partial charge in [-0.3, -0.25) is 14.4 Å². The third-order valence-electron chi connectivity index (χ3n) is 4.29. The van der Waals surface area contributed by atoms with Crippen molar-refractivity contribution in [3.8, 4) is 0 Å². The minimum absolute atomic E-state index is 0.0382. The summed E-state index contributed by atoms with van der Waals surface area (Å²) in [4.78, 5) is 36.2. The maximum atomic E-state index is 13.1. The van der Waals surface area contributed by atoms with Crippen LogP contribution in [0.4, 0.5) is 14.5 Å². The van der Waals surface area contributed by atoms with Crippen molar-refractivity contribution in [1.29, 1.82) is 0 Å². The summed E-state index contributed by atoms with van der Waals surface area (Å²) < 4.78 is 26.2. The van der Waals surface area contributed by atoms with Crippen molar-refractivity contribution >= 4 is 23.2 Å². The van der Waals surface area contributed by atoms with Gasteiger partial charge in [-0.2, -0.15) is 0 Å². The normalized spacial score (nSPS) is 15.1. The predicted octanol–water partition coefficient (Wildman–Crippen LogP) is 3.88. The van der Waals surface area contributed by atoms with E-state index in [0.29, 0.717) is 41.2 Å². The number of amides is 1. The largest absolute Gasteiger partial charge is 0.326 e. The molecule has 25 heavy (non-hydrogen) atoms. The highest BCUT2D eigenvalue weighted by molar-refractivity contribution is 6.24. The van der Waals surface area contributed by atoms with E-state index in [1.54, 1.807) is 20.8 Å². The maximum absolute atomic E-state index is 13.1. The summed E-state index contributed by atoms with van der Waals surface area (Å²) in [5, 5.41) is 2.41. The lowest BCUT2D eigenvalue weighted by molar-refractivity contribution is -0.117. The first-order chi connectivity index (χ1) is 11.7. The van der Waals surface area contributed by atoms with Crippen LogP contribution in [0.2, 0.25) is 0 Å². The molecule has 132 valence electrons. The number of hydrogen-bond donors (Lipinski definition) is 1. The Morgan fingerprint density at radius 1 is 0.920 bits per heavy atom. The molecule has 0 aromatic heterocycles. The standard InChI is InChI=1S/C19H19F2NO3/c1-10-11(2)19(25)16(12(3)18(10)24)5-4-6-17(23)22-15-8-13(20)7-14(21)9-15/h7-9H,4-6H2,1-3H3,(H,22,23). The van der Waals surface area contributed by atoms with Crippen molar-refractivity contribution in [2.24, 2.45) is 0 Å². The average Bonchev–Trinajstić information content (AvgIpc) is 2.53. The van der Waals surface area contributed by atoms with Gasteiger partial charge in [0.2, 0.25) is 5.91 Å². The fourth-order valence-corrected chi connectivity index (χ4v) is 2.73. The van der Waals surface area contributed by atoms with Crippen LogP contribution >= 0.6 is 0 Å². The number of rotatable bonds is 5. The molecule has 1 aromatic rings. The zero-order valence-electron chi connectivity index (χ0n) is 14.3. The van der Waals surface area contributed by atoms with Gasteiger partial charge in [0, 0.05) is 40.5 Å². The Balaban J connectivity index is 1.95. The van der Waals surface area contributed by atoms with Crippen LogP contribution in [0.3, 0.4) is 0 Å². The van der Waals surface area contributed by atoms with Crippen molar-refractivity contribution in [1.82, 2.24) is 0 Å². The van der Waals surface area contributed by atoms with Crippen LogP contribution in [-0.2, 0) is 14.4 Å². The number of ketones is 2. The molecule has 1 aliphatic carbocycles. The third kappa shape index (κ3) is 4.26. The lowest BCUT2D eigenvalue weighted by Crippen LogP contribution is -2.21. The van der Waals surface area contributed by atoms with E-state index in [1.807, 2.05) is 0 Å². The minimum Gasteiger partial charge on any atom is -0.326 e. The number of benzene rings is 1. The van der Waals surface area contributed by atoms with Gasteiger partial charge in [-0.1, -0.05) is 0 Å². The number of carbonyl (C=O) groups excluding carboxylic acids is 3. The molecule has 1 aromatic carbocycles. The maximum Gasteiger partial charge on any atom is 0.224 e. The molecule has 2 rings (SSSR count). The summed E-state index contributed by atoms with van der Waals surface area (Å²) in [7, 11) is 0. The third-order valence-corrected chi connectivity index (χ3v) is 4.29. The summed E-state index contributed by atoms with van der Waals surface area (Å²) in [6, 6.07) is 2.76. The summed E-state index contributed by atoms with van der Waals surface area (Å²) in [6.07, 6.45) is 0.714. The van der Waals surface area contributed by atoms with Crippen molar-refractivity contribution in [3.05, 3.63) is 52.1 Å². The molecule has 1 amide bonds. The fraction of sp³-hybridized carbons (Fsp3) is 0.316. The van der Waals surface area contributed by atoms with Crippen LogP contribution in [0.25, 0.3) is 0 Å². The Hall–Kier alpha value is -2.63. The molecule has 0 saturated carbocycles. The number of allylic oxidation sites excluding steroid dienone is 4. The summed E-state index contributed by atoms with van der Waals surface area (Å²) in [5.41, 5.74) is 1.78. The second kappa shape index (κ2) is 7.51. The second-order valence-corrected chi connectivity index (χ2v) is 6.07. The van der Waals surface area contributed by atoms with E-state index in [-0.39, 0.29) is 23.7 Å².